The molecule has 0 unspecified atom stereocenters. The van der Waals surface area contributed by atoms with E-state index in [0.29, 0.717) is 11.6 Å². The van der Waals surface area contributed by atoms with Gasteiger partial charge in [-0.05, 0) is 18.8 Å². The molecule has 0 bridgehead atoms. The van der Waals surface area contributed by atoms with Crippen LogP contribution in [0.15, 0.2) is 6.20 Å². The van der Waals surface area contributed by atoms with Gasteiger partial charge < -0.3 is 10.7 Å². The van der Waals surface area contributed by atoms with Gasteiger partial charge in [-0.1, -0.05) is 0 Å². The molecule has 1 saturated carbocycles. The second kappa shape index (κ2) is 4.65. The summed E-state index contributed by atoms with van der Waals surface area (Å²) in [5, 5.41) is 3.80. The summed E-state index contributed by atoms with van der Waals surface area (Å²) in [6, 6.07) is 2.74. The third-order valence-electron chi connectivity index (χ3n) is 1.90. The van der Waals surface area contributed by atoms with Crippen LogP contribution in [-0.4, -0.2) is 16.0 Å². The van der Waals surface area contributed by atoms with E-state index < -0.39 is 12.7 Å². The van der Waals surface area contributed by atoms with Gasteiger partial charge in [0.2, 0.25) is 0 Å². The summed E-state index contributed by atoms with van der Waals surface area (Å²) >= 11 is 0. The number of halogens is 3. The fourth-order valence-corrected chi connectivity index (χ4v) is 1.16. The Morgan fingerprint density at radius 1 is 1.50 bits per heavy atom. The summed E-state index contributed by atoms with van der Waals surface area (Å²) in [4.78, 5) is 0. The second-order valence-electron chi connectivity index (χ2n) is 3.25. The maximum Gasteiger partial charge on any atom is 1.00 e. The Kier molecular flexibility index (Phi) is 4.22. The first-order valence-electron chi connectivity index (χ1n) is 4.06. The maximum absolute atomic E-state index is 11.9. The van der Waals surface area contributed by atoms with Crippen LogP contribution < -0.4 is 51.4 Å². The molecule has 2 nitrogen and oxygen atoms in total. The molecular formula is C8H8F3KN2. The molecule has 0 atom stereocenters. The van der Waals surface area contributed by atoms with Crippen LogP contribution in [-0.2, 0) is 6.54 Å². The van der Waals surface area contributed by atoms with Crippen LogP contribution in [0.3, 0.4) is 0 Å². The van der Waals surface area contributed by atoms with Gasteiger partial charge in [0, 0.05) is 0 Å². The van der Waals surface area contributed by atoms with Crippen LogP contribution >= 0.6 is 0 Å². The first-order chi connectivity index (χ1) is 6.04. The Morgan fingerprint density at radius 3 is 2.64 bits per heavy atom. The van der Waals surface area contributed by atoms with Gasteiger partial charge in [0.05, 0.1) is 0 Å². The third-order valence-corrected chi connectivity index (χ3v) is 1.90. The molecule has 1 aliphatic rings. The van der Waals surface area contributed by atoms with E-state index in [4.69, 9.17) is 0 Å². The minimum absolute atomic E-state index is 0. The van der Waals surface area contributed by atoms with Gasteiger partial charge in [0.1, 0.15) is 6.54 Å². The molecule has 0 spiro atoms. The van der Waals surface area contributed by atoms with Gasteiger partial charge in [-0.25, -0.2) is 5.10 Å². The molecule has 0 radical (unpaired) electrons. The van der Waals surface area contributed by atoms with E-state index in [1.165, 1.54) is 6.20 Å². The quantitative estimate of drug-likeness (QED) is 0.475. The van der Waals surface area contributed by atoms with Crippen molar-refractivity contribution in [3.63, 3.8) is 0 Å². The van der Waals surface area contributed by atoms with E-state index in [1.54, 1.807) is 0 Å². The SMILES string of the molecule is FC(F)(F)Cn1c[c-]c(C2CC2)n1.[K+]. The molecule has 2 rings (SSSR count). The summed E-state index contributed by atoms with van der Waals surface area (Å²) in [5.41, 5.74) is 0.671. The van der Waals surface area contributed by atoms with Crippen molar-refractivity contribution >= 4 is 0 Å². The van der Waals surface area contributed by atoms with E-state index in [0.717, 1.165) is 17.5 Å². The van der Waals surface area contributed by atoms with E-state index in [-0.39, 0.29) is 51.4 Å². The number of aromatic nitrogens is 2. The van der Waals surface area contributed by atoms with Crippen LogP contribution in [0.2, 0.25) is 0 Å². The minimum Gasteiger partial charge on any atom is -0.429 e. The van der Waals surface area contributed by atoms with Crippen molar-refractivity contribution in [3.8, 4) is 0 Å². The van der Waals surface area contributed by atoms with Crippen molar-refractivity contribution in [2.24, 2.45) is 0 Å². The Labute approximate surface area is 122 Å². The topological polar surface area (TPSA) is 17.8 Å². The van der Waals surface area contributed by atoms with Crippen molar-refractivity contribution in [1.29, 1.82) is 0 Å². The molecule has 1 aromatic rings. The second-order valence-corrected chi connectivity index (χ2v) is 3.25. The summed E-state index contributed by atoms with van der Waals surface area (Å²) in [6.45, 7) is -1.02. The van der Waals surface area contributed by atoms with E-state index in [2.05, 4.69) is 11.2 Å². The largest absolute Gasteiger partial charge is 1.00 e. The van der Waals surface area contributed by atoms with Crippen molar-refractivity contribution in [3.05, 3.63) is 18.0 Å². The normalized spacial score (nSPS) is 16.5. The molecule has 0 N–H and O–H groups in total. The van der Waals surface area contributed by atoms with Crippen molar-refractivity contribution < 1.29 is 64.6 Å². The van der Waals surface area contributed by atoms with Crippen LogP contribution in [0.25, 0.3) is 0 Å². The molecule has 0 amide bonds. The first-order valence-corrected chi connectivity index (χ1v) is 4.06. The van der Waals surface area contributed by atoms with Gasteiger partial charge >= 0.3 is 57.6 Å². The summed E-state index contributed by atoms with van der Waals surface area (Å²) in [7, 11) is 0. The van der Waals surface area contributed by atoms with Gasteiger partial charge in [0.15, 0.2) is 0 Å². The van der Waals surface area contributed by atoms with E-state index >= 15 is 0 Å². The molecule has 0 saturated heterocycles. The maximum atomic E-state index is 11.9. The van der Waals surface area contributed by atoms with Crippen molar-refractivity contribution in [1.82, 2.24) is 9.78 Å². The van der Waals surface area contributed by atoms with Gasteiger partial charge in [-0.3, -0.25) is 0 Å². The van der Waals surface area contributed by atoms with E-state index in [1.807, 2.05) is 0 Å². The van der Waals surface area contributed by atoms with Crippen molar-refractivity contribution in [2.75, 3.05) is 0 Å². The predicted molar refractivity (Wildman–Crippen MR) is 39.1 cm³/mol. The Morgan fingerprint density at radius 2 is 2.14 bits per heavy atom. The van der Waals surface area contributed by atoms with Crippen LogP contribution in [0.4, 0.5) is 13.2 Å². The molecule has 0 aliphatic heterocycles. The monoisotopic (exact) mass is 228 g/mol. The standard InChI is InChI=1S/C8H8F3N2.K/c9-8(10,11)5-13-4-3-7(12-13)6-1-2-6;/h4,6H,1-2,5H2;/q-1;+1. The van der Waals surface area contributed by atoms with Crippen molar-refractivity contribution in [2.45, 2.75) is 31.5 Å². The van der Waals surface area contributed by atoms with E-state index in [9.17, 15) is 13.2 Å². The summed E-state index contributed by atoms with van der Waals surface area (Å²) < 4.78 is 36.6. The first kappa shape index (κ1) is 12.7. The van der Waals surface area contributed by atoms with Crippen LogP contribution in [0, 0.1) is 6.07 Å². The van der Waals surface area contributed by atoms with Gasteiger partial charge in [-0.2, -0.15) is 19.4 Å². The minimum atomic E-state index is -4.19. The zero-order valence-corrected chi connectivity index (χ0v) is 10.9. The molecule has 0 aromatic carbocycles. The molecule has 6 heteroatoms. The summed E-state index contributed by atoms with van der Waals surface area (Å²) in [5.74, 6) is 0.356. The van der Waals surface area contributed by atoms with Crippen LogP contribution in [0.1, 0.15) is 24.5 Å². The fourth-order valence-electron chi connectivity index (χ4n) is 1.16. The number of nitrogens with zero attached hydrogens (tertiary/aromatic N) is 2. The Bertz CT molecular complexity index is 304. The zero-order chi connectivity index (χ0) is 9.47. The average Bonchev–Trinajstić information content (AvgIpc) is 2.72. The van der Waals surface area contributed by atoms with Crippen LogP contribution in [0.5, 0.6) is 0 Å². The summed E-state index contributed by atoms with van der Waals surface area (Å²) in [6.07, 6.45) is -0.874. The molecule has 1 aromatic heterocycles. The fraction of sp³-hybridized carbons (Fsp3) is 0.625. The number of hydrogen-bond donors (Lipinski definition) is 0. The number of rotatable bonds is 2. The zero-order valence-electron chi connectivity index (χ0n) is 7.80. The molecule has 1 fully saturated rings. The smallest absolute Gasteiger partial charge is 0.429 e. The number of alkyl halides is 3. The van der Waals surface area contributed by atoms with Gasteiger partial charge in [0.25, 0.3) is 0 Å². The Balaban J connectivity index is 0.000000980. The van der Waals surface area contributed by atoms with Gasteiger partial charge in [-0.15, -0.1) is 5.69 Å². The molecule has 1 heterocycles. The molecule has 72 valence electrons. The molecule has 14 heavy (non-hydrogen) atoms. The number of hydrogen-bond acceptors (Lipinski definition) is 1. The predicted octanol–water partition coefficient (Wildman–Crippen LogP) is -0.873. The average molecular weight is 228 g/mol. The molecular weight excluding hydrogens is 220 g/mol. The third kappa shape index (κ3) is 3.66. The molecule has 1 aliphatic carbocycles. The Hall–Kier alpha value is 0.636.